The molecule has 1 N–H and O–H groups in total. The quantitative estimate of drug-likeness (QED) is 0.928. The average molecular weight is 338 g/mol. The predicted octanol–water partition coefficient (Wildman–Crippen LogP) is 3.53. The summed E-state index contributed by atoms with van der Waals surface area (Å²) in [5.74, 6) is 0.0512. The number of nitrogens with one attached hydrogen (secondary N) is 1. The molecule has 0 aliphatic heterocycles. The number of benzene rings is 1. The molecule has 1 heterocycles. The van der Waals surface area contributed by atoms with Crippen LogP contribution in [0.4, 0.5) is 13.2 Å². The van der Waals surface area contributed by atoms with Gasteiger partial charge in [-0.05, 0) is 31.9 Å². The van der Waals surface area contributed by atoms with Crippen LogP contribution in [0, 0.1) is 13.8 Å². The van der Waals surface area contributed by atoms with Gasteiger partial charge in [-0.15, -0.1) is 0 Å². The Morgan fingerprint density at radius 3 is 2.67 bits per heavy atom. The summed E-state index contributed by atoms with van der Waals surface area (Å²) < 4.78 is 44.2. The summed E-state index contributed by atoms with van der Waals surface area (Å²) in [5.41, 5.74) is 0.989. The highest BCUT2D eigenvalue weighted by Gasteiger charge is 2.44. The number of alkyl halides is 3. The van der Waals surface area contributed by atoms with Crippen LogP contribution in [-0.2, 0) is 17.4 Å². The van der Waals surface area contributed by atoms with Crippen molar-refractivity contribution in [2.45, 2.75) is 44.8 Å². The molecule has 1 aromatic carbocycles. The molecule has 128 valence electrons. The van der Waals surface area contributed by atoms with Gasteiger partial charge in [-0.2, -0.15) is 13.2 Å². The maximum atomic E-state index is 13.1. The number of halogens is 3. The van der Waals surface area contributed by atoms with Crippen molar-refractivity contribution in [2.75, 3.05) is 0 Å². The van der Waals surface area contributed by atoms with E-state index >= 15 is 0 Å². The van der Waals surface area contributed by atoms with Gasteiger partial charge in [-0.25, -0.2) is 0 Å². The van der Waals surface area contributed by atoms with Gasteiger partial charge in [0.05, 0.1) is 17.7 Å². The lowest BCUT2D eigenvalue weighted by molar-refractivity contribution is -0.138. The maximum absolute atomic E-state index is 13.1. The van der Waals surface area contributed by atoms with Crippen LogP contribution in [-0.4, -0.2) is 17.1 Å². The largest absolute Gasteiger partial charge is 0.416 e. The van der Waals surface area contributed by atoms with Crippen molar-refractivity contribution in [3.63, 3.8) is 0 Å². The maximum Gasteiger partial charge on any atom is 0.416 e. The lowest BCUT2D eigenvalue weighted by Gasteiger charge is -2.12. The van der Waals surface area contributed by atoms with E-state index in [0.29, 0.717) is 17.9 Å². The minimum absolute atomic E-state index is 0.116. The molecule has 24 heavy (non-hydrogen) atoms. The van der Waals surface area contributed by atoms with Crippen molar-refractivity contribution < 1.29 is 22.5 Å². The minimum atomic E-state index is -4.38. The average Bonchev–Trinajstić information content (AvgIpc) is 3.21. The van der Waals surface area contributed by atoms with Crippen LogP contribution in [0.3, 0.4) is 0 Å². The summed E-state index contributed by atoms with van der Waals surface area (Å²) in [4.78, 5) is 12.1. The molecule has 2 aromatic rings. The summed E-state index contributed by atoms with van der Waals surface area (Å²) in [6.07, 6.45) is -3.75. The smallest absolute Gasteiger partial charge is 0.361 e. The molecule has 4 nitrogen and oxygen atoms in total. The standard InChI is InChI=1S/C17H17F3N2O2/c1-9-12(10(2)24-22-9)8-16(23)21-15-7-13(15)11-5-3-4-6-14(11)17(18,19)20/h3-6,13,15H,7-8H2,1-2H3,(H,21,23)/t13-,15+/m0/s1. The van der Waals surface area contributed by atoms with Crippen LogP contribution < -0.4 is 5.32 Å². The second kappa shape index (κ2) is 5.96. The number of carbonyl (C=O) groups excluding carboxylic acids is 1. The fourth-order valence-electron chi connectivity index (χ4n) is 2.95. The number of amides is 1. The Balaban J connectivity index is 1.66. The molecule has 1 aliphatic carbocycles. The van der Waals surface area contributed by atoms with E-state index in [2.05, 4.69) is 10.5 Å². The van der Waals surface area contributed by atoms with Crippen molar-refractivity contribution in [1.29, 1.82) is 0 Å². The zero-order valence-electron chi connectivity index (χ0n) is 13.3. The van der Waals surface area contributed by atoms with Crippen LogP contribution >= 0.6 is 0 Å². The summed E-state index contributed by atoms with van der Waals surface area (Å²) >= 11 is 0. The second-order valence-corrected chi connectivity index (χ2v) is 6.08. The molecule has 3 rings (SSSR count). The first kappa shape index (κ1) is 16.5. The van der Waals surface area contributed by atoms with Crippen LogP contribution in [0.1, 0.15) is 40.5 Å². The third kappa shape index (κ3) is 3.29. The molecular formula is C17H17F3N2O2. The highest BCUT2D eigenvalue weighted by Crippen LogP contribution is 2.46. The van der Waals surface area contributed by atoms with Gasteiger partial charge in [0.1, 0.15) is 5.76 Å². The van der Waals surface area contributed by atoms with E-state index < -0.39 is 11.7 Å². The molecule has 0 saturated heterocycles. The molecule has 0 spiro atoms. The highest BCUT2D eigenvalue weighted by atomic mass is 19.4. The van der Waals surface area contributed by atoms with Gasteiger partial charge in [-0.1, -0.05) is 23.4 Å². The Morgan fingerprint density at radius 1 is 1.33 bits per heavy atom. The van der Waals surface area contributed by atoms with Crippen molar-refractivity contribution in [3.05, 3.63) is 52.4 Å². The molecule has 1 aliphatic rings. The van der Waals surface area contributed by atoms with Gasteiger partial charge in [0, 0.05) is 17.5 Å². The predicted molar refractivity (Wildman–Crippen MR) is 80.4 cm³/mol. The number of aromatic nitrogens is 1. The topological polar surface area (TPSA) is 55.1 Å². The lowest BCUT2D eigenvalue weighted by Crippen LogP contribution is -2.28. The number of aryl methyl sites for hydroxylation is 2. The SMILES string of the molecule is Cc1noc(C)c1CC(=O)N[C@@H]1C[C@H]1c1ccccc1C(F)(F)F. The van der Waals surface area contributed by atoms with Gasteiger partial charge in [0.2, 0.25) is 5.91 Å². The first-order valence-corrected chi connectivity index (χ1v) is 7.64. The minimum Gasteiger partial charge on any atom is -0.361 e. The molecule has 2 atom stereocenters. The van der Waals surface area contributed by atoms with Crippen molar-refractivity contribution in [1.82, 2.24) is 10.5 Å². The molecule has 0 bridgehead atoms. The van der Waals surface area contributed by atoms with E-state index in [1.807, 2.05) is 0 Å². The Labute approximate surface area is 137 Å². The van der Waals surface area contributed by atoms with Gasteiger partial charge >= 0.3 is 6.18 Å². The fraction of sp³-hybridized carbons (Fsp3) is 0.412. The van der Waals surface area contributed by atoms with E-state index in [-0.39, 0.29) is 29.9 Å². The summed E-state index contributed by atoms with van der Waals surface area (Å²) in [7, 11) is 0. The van der Waals surface area contributed by atoms with Crippen LogP contribution in [0.2, 0.25) is 0 Å². The fourth-order valence-corrected chi connectivity index (χ4v) is 2.95. The summed E-state index contributed by atoms with van der Waals surface area (Å²) in [6.45, 7) is 3.47. The third-order valence-electron chi connectivity index (χ3n) is 4.32. The van der Waals surface area contributed by atoms with E-state index in [0.717, 1.165) is 11.6 Å². The third-order valence-corrected chi connectivity index (χ3v) is 4.32. The Bertz CT molecular complexity index is 748. The van der Waals surface area contributed by atoms with E-state index in [1.165, 1.54) is 12.1 Å². The van der Waals surface area contributed by atoms with E-state index in [9.17, 15) is 18.0 Å². The highest BCUT2D eigenvalue weighted by molar-refractivity contribution is 5.79. The van der Waals surface area contributed by atoms with Crippen LogP contribution in [0.5, 0.6) is 0 Å². The molecule has 0 radical (unpaired) electrons. The molecular weight excluding hydrogens is 321 g/mol. The first-order valence-electron chi connectivity index (χ1n) is 7.64. The van der Waals surface area contributed by atoms with E-state index in [4.69, 9.17) is 4.52 Å². The van der Waals surface area contributed by atoms with Gasteiger partial charge in [-0.3, -0.25) is 4.79 Å². The number of nitrogens with zero attached hydrogens (tertiary/aromatic N) is 1. The number of carbonyl (C=O) groups is 1. The van der Waals surface area contributed by atoms with Crippen molar-refractivity contribution in [3.8, 4) is 0 Å². The van der Waals surface area contributed by atoms with E-state index in [1.54, 1.807) is 19.9 Å². The zero-order valence-corrected chi connectivity index (χ0v) is 13.3. The zero-order chi connectivity index (χ0) is 17.5. The molecule has 1 amide bonds. The van der Waals surface area contributed by atoms with Crippen LogP contribution in [0.15, 0.2) is 28.8 Å². The molecule has 1 fully saturated rings. The Morgan fingerprint density at radius 2 is 2.04 bits per heavy atom. The van der Waals surface area contributed by atoms with Gasteiger partial charge in [0.25, 0.3) is 0 Å². The van der Waals surface area contributed by atoms with Gasteiger partial charge < -0.3 is 9.84 Å². The monoisotopic (exact) mass is 338 g/mol. The number of hydrogen-bond acceptors (Lipinski definition) is 3. The Hall–Kier alpha value is -2.31. The molecule has 1 aromatic heterocycles. The van der Waals surface area contributed by atoms with Crippen molar-refractivity contribution >= 4 is 5.91 Å². The second-order valence-electron chi connectivity index (χ2n) is 6.08. The lowest BCUT2D eigenvalue weighted by atomic mass is 10.0. The summed E-state index contributed by atoms with van der Waals surface area (Å²) in [6, 6.07) is 5.26. The van der Waals surface area contributed by atoms with Crippen LogP contribution in [0.25, 0.3) is 0 Å². The van der Waals surface area contributed by atoms with Crippen molar-refractivity contribution in [2.24, 2.45) is 0 Å². The summed E-state index contributed by atoms with van der Waals surface area (Å²) in [5, 5.41) is 6.58. The van der Waals surface area contributed by atoms with Gasteiger partial charge in [0.15, 0.2) is 0 Å². The molecule has 0 unspecified atom stereocenters. The first-order chi connectivity index (χ1) is 11.3. The normalized spacial score (nSPS) is 20.0. The number of rotatable bonds is 4. The number of hydrogen-bond donors (Lipinski definition) is 1. The Kier molecular flexibility index (Phi) is 4.11. The molecule has 1 saturated carbocycles. The molecule has 7 heteroatoms.